The van der Waals surface area contributed by atoms with Crippen molar-refractivity contribution in [2.24, 2.45) is 58.2 Å². The second-order valence-electron chi connectivity index (χ2n) is 13.3. The molecule has 3 aliphatic carbocycles. The maximum atomic E-state index is 13.0. The molecule has 6 nitrogen and oxygen atoms in total. The van der Waals surface area contributed by atoms with E-state index in [9.17, 15) is 25.2 Å². The van der Waals surface area contributed by atoms with Crippen molar-refractivity contribution < 1.29 is 30.0 Å². The average Bonchev–Trinajstić information content (AvgIpc) is 3.09. The summed E-state index contributed by atoms with van der Waals surface area (Å²) in [6, 6.07) is 0. The molecule has 1 saturated heterocycles. The quantitative estimate of drug-likeness (QED) is 0.450. The lowest BCUT2D eigenvalue weighted by Gasteiger charge is -2.56. The number of hydrogen-bond donors (Lipinski definition) is 4. The zero-order valence-electron chi connectivity index (χ0n) is 22.0. The number of rotatable bonds is 5. The molecular weight excluding hydrogens is 432 g/mol. The van der Waals surface area contributed by atoms with Crippen LogP contribution in [0.1, 0.15) is 80.1 Å². The van der Waals surface area contributed by atoms with Crippen LogP contribution in [0.3, 0.4) is 0 Å². The Morgan fingerprint density at radius 1 is 0.912 bits per heavy atom. The van der Waals surface area contributed by atoms with E-state index in [0.717, 1.165) is 25.7 Å². The Hall–Kier alpha value is -0.690. The Bertz CT molecular complexity index is 755. The smallest absolute Gasteiger partial charge is 0.309 e. The predicted molar refractivity (Wildman–Crippen MR) is 130 cm³/mol. The van der Waals surface area contributed by atoms with Gasteiger partial charge in [0, 0.05) is 0 Å². The fourth-order valence-electron chi connectivity index (χ4n) is 8.95. The van der Waals surface area contributed by atoms with E-state index in [1.54, 1.807) is 0 Å². The first kappa shape index (κ1) is 26.4. The minimum Gasteiger partial charge on any atom is -0.465 e. The SMILES string of the molecule is CC(C)[C@@H](C)[C@@H](O)[C@H](O)[C@@H](C)[C@@H]1CC[C@H]2[C@H]3COC(=O)[C@H]4C[C@H](O)[C@H](O)C[C@]4(C)[C@@H]3CC[C@]12C. The average molecular weight is 481 g/mol. The van der Waals surface area contributed by atoms with Crippen molar-refractivity contribution in [2.45, 2.75) is 104 Å². The molecule has 0 radical (unpaired) electrons. The Morgan fingerprint density at radius 3 is 2.21 bits per heavy atom. The van der Waals surface area contributed by atoms with E-state index >= 15 is 0 Å². The van der Waals surface area contributed by atoms with Crippen molar-refractivity contribution in [1.29, 1.82) is 0 Å². The highest BCUT2D eigenvalue weighted by atomic mass is 16.5. The lowest BCUT2D eigenvalue weighted by Crippen LogP contribution is -2.55. The van der Waals surface area contributed by atoms with Gasteiger partial charge < -0.3 is 25.2 Å². The van der Waals surface area contributed by atoms with Gasteiger partial charge in [0.05, 0.1) is 36.9 Å². The van der Waals surface area contributed by atoms with Gasteiger partial charge in [0.25, 0.3) is 0 Å². The molecule has 0 amide bonds. The summed E-state index contributed by atoms with van der Waals surface area (Å²) in [5, 5.41) is 42.9. The lowest BCUT2D eigenvalue weighted by atomic mass is 9.48. The van der Waals surface area contributed by atoms with Crippen LogP contribution in [0, 0.1) is 58.2 Å². The van der Waals surface area contributed by atoms with Crippen molar-refractivity contribution in [3.8, 4) is 0 Å². The molecule has 4 aliphatic rings. The molecular formula is C28H48O6. The number of carbonyl (C=O) groups is 1. The molecule has 3 saturated carbocycles. The first-order valence-corrected chi connectivity index (χ1v) is 13.7. The van der Waals surface area contributed by atoms with E-state index in [1.807, 2.05) is 6.92 Å². The van der Waals surface area contributed by atoms with Gasteiger partial charge >= 0.3 is 5.97 Å². The molecule has 1 aliphatic heterocycles. The molecule has 4 N–H and O–H groups in total. The van der Waals surface area contributed by atoms with Crippen LogP contribution < -0.4 is 0 Å². The second-order valence-corrected chi connectivity index (χ2v) is 13.3. The molecule has 6 heteroatoms. The van der Waals surface area contributed by atoms with Gasteiger partial charge in [-0.25, -0.2) is 0 Å². The number of ether oxygens (including phenoxy) is 1. The highest BCUT2D eigenvalue weighted by molar-refractivity contribution is 5.74. The number of aliphatic hydroxyl groups excluding tert-OH is 4. The topological polar surface area (TPSA) is 107 Å². The van der Waals surface area contributed by atoms with Gasteiger partial charge in [-0.05, 0) is 90.8 Å². The Labute approximate surface area is 205 Å². The predicted octanol–water partition coefficient (Wildman–Crippen LogP) is 3.39. The lowest BCUT2D eigenvalue weighted by molar-refractivity contribution is -0.162. The van der Waals surface area contributed by atoms with E-state index in [4.69, 9.17) is 4.74 Å². The summed E-state index contributed by atoms with van der Waals surface area (Å²) < 4.78 is 5.86. The second kappa shape index (κ2) is 9.32. The van der Waals surface area contributed by atoms with Crippen molar-refractivity contribution in [2.75, 3.05) is 6.61 Å². The van der Waals surface area contributed by atoms with E-state index in [0.29, 0.717) is 30.8 Å². The minimum atomic E-state index is -0.867. The third kappa shape index (κ3) is 4.05. The van der Waals surface area contributed by atoms with Gasteiger partial charge in [-0.3, -0.25) is 4.79 Å². The standard InChI is InChI=1S/C28H48O6/c1-14(2)15(3)24(31)25(32)16(4)18-7-8-19-17-13-34-26(33)21-11-22(29)23(30)12-28(21,6)20(17)9-10-27(18,19)5/h14-25,29-32H,7-13H2,1-6H3/t15-,16+,17-,18+,19+,20-,21-,22+,23-,24-,25-,27-,28-/m1/s1. The largest absolute Gasteiger partial charge is 0.465 e. The minimum absolute atomic E-state index is 0.00827. The van der Waals surface area contributed by atoms with Crippen LogP contribution in [0.5, 0.6) is 0 Å². The fourth-order valence-corrected chi connectivity index (χ4v) is 8.95. The normalized spacial score (nSPS) is 48.1. The van der Waals surface area contributed by atoms with E-state index in [-0.39, 0.29) is 52.8 Å². The van der Waals surface area contributed by atoms with Crippen molar-refractivity contribution in [3.63, 3.8) is 0 Å². The zero-order chi connectivity index (χ0) is 25.2. The molecule has 0 aromatic rings. The van der Waals surface area contributed by atoms with Crippen molar-refractivity contribution >= 4 is 5.97 Å². The molecule has 1 heterocycles. The molecule has 0 aromatic heterocycles. The fraction of sp³-hybridized carbons (Fsp3) is 0.964. The maximum Gasteiger partial charge on any atom is 0.309 e. The summed E-state index contributed by atoms with van der Waals surface area (Å²) in [4.78, 5) is 13.0. The number of hydrogen-bond acceptors (Lipinski definition) is 6. The number of cyclic esters (lactones) is 1. The van der Waals surface area contributed by atoms with Gasteiger partial charge in [0.2, 0.25) is 0 Å². The monoisotopic (exact) mass is 480 g/mol. The Balaban J connectivity index is 1.58. The third-order valence-corrected chi connectivity index (χ3v) is 11.5. The molecule has 0 spiro atoms. The van der Waals surface area contributed by atoms with Crippen molar-refractivity contribution in [3.05, 3.63) is 0 Å². The molecule has 0 aromatic carbocycles. The Morgan fingerprint density at radius 2 is 1.56 bits per heavy atom. The van der Waals surface area contributed by atoms with E-state index < -0.39 is 24.4 Å². The van der Waals surface area contributed by atoms with Crippen LogP contribution >= 0.6 is 0 Å². The molecule has 196 valence electrons. The first-order chi connectivity index (χ1) is 15.8. The molecule has 4 rings (SSSR count). The van der Waals surface area contributed by atoms with Crippen LogP contribution in [0.4, 0.5) is 0 Å². The molecule has 0 bridgehead atoms. The summed E-state index contributed by atoms with van der Waals surface area (Å²) in [5.74, 6) is 0.948. The molecule has 0 unspecified atom stereocenters. The van der Waals surface area contributed by atoms with Gasteiger partial charge in [0.1, 0.15) is 0 Å². The maximum absolute atomic E-state index is 13.0. The number of carbonyl (C=O) groups excluding carboxylic acids is 1. The van der Waals surface area contributed by atoms with Crippen LogP contribution in [0.2, 0.25) is 0 Å². The summed E-state index contributed by atoms with van der Waals surface area (Å²) in [5.41, 5.74) is -0.345. The highest BCUT2D eigenvalue weighted by Gasteiger charge is 2.63. The van der Waals surface area contributed by atoms with Crippen LogP contribution in [-0.2, 0) is 9.53 Å². The highest BCUT2D eigenvalue weighted by Crippen LogP contribution is 2.66. The van der Waals surface area contributed by atoms with Gasteiger partial charge in [-0.1, -0.05) is 41.5 Å². The molecule has 34 heavy (non-hydrogen) atoms. The molecule has 13 atom stereocenters. The number of aliphatic hydroxyl groups is 4. The summed E-state index contributed by atoms with van der Waals surface area (Å²) in [6.07, 6.45) is 1.61. The van der Waals surface area contributed by atoms with Crippen molar-refractivity contribution in [1.82, 2.24) is 0 Å². The van der Waals surface area contributed by atoms with Crippen LogP contribution in [-0.4, -0.2) is 57.4 Å². The zero-order valence-corrected chi connectivity index (χ0v) is 22.0. The van der Waals surface area contributed by atoms with Crippen LogP contribution in [0.15, 0.2) is 0 Å². The number of fused-ring (bicyclic) bond motifs is 5. The number of esters is 1. The summed E-state index contributed by atoms with van der Waals surface area (Å²) in [6.45, 7) is 13.2. The van der Waals surface area contributed by atoms with E-state index in [1.165, 1.54) is 0 Å². The summed E-state index contributed by atoms with van der Waals surface area (Å²) in [7, 11) is 0. The van der Waals surface area contributed by atoms with E-state index in [2.05, 4.69) is 34.6 Å². The van der Waals surface area contributed by atoms with Gasteiger partial charge in [-0.2, -0.15) is 0 Å². The van der Waals surface area contributed by atoms with Gasteiger partial charge in [-0.15, -0.1) is 0 Å². The Kier molecular flexibility index (Phi) is 7.23. The first-order valence-electron chi connectivity index (χ1n) is 13.7. The molecule has 4 fully saturated rings. The third-order valence-electron chi connectivity index (χ3n) is 11.5. The summed E-state index contributed by atoms with van der Waals surface area (Å²) >= 11 is 0. The van der Waals surface area contributed by atoms with Crippen LogP contribution in [0.25, 0.3) is 0 Å². The van der Waals surface area contributed by atoms with Gasteiger partial charge in [0.15, 0.2) is 0 Å².